The van der Waals surface area contributed by atoms with Gasteiger partial charge >= 0.3 is 0 Å². The number of halogens is 1. The molecule has 4 nitrogen and oxygen atoms in total. The minimum atomic E-state index is -0.363. The summed E-state index contributed by atoms with van der Waals surface area (Å²) in [5.74, 6) is 0.340. The van der Waals surface area contributed by atoms with E-state index in [1.165, 1.54) is 4.88 Å². The van der Waals surface area contributed by atoms with Gasteiger partial charge in [0, 0.05) is 37.6 Å². The minimum absolute atomic E-state index is 0.100. The van der Waals surface area contributed by atoms with Crippen molar-refractivity contribution in [2.75, 3.05) is 26.2 Å². The van der Waals surface area contributed by atoms with Crippen LogP contribution in [0.3, 0.4) is 0 Å². The molecule has 118 valence electrons. The topological polar surface area (TPSA) is 49.6 Å². The van der Waals surface area contributed by atoms with Crippen LogP contribution >= 0.6 is 22.9 Å². The van der Waals surface area contributed by atoms with Crippen LogP contribution in [0.2, 0.25) is 4.34 Å². The second-order valence-corrected chi connectivity index (χ2v) is 7.52. The fraction of sp³-hybridized carbons (Fsp3) is 0.667. The van der Waals surface area contributed by atoms with E-state index in [9.17, 15) is 4.79 Å². The summed E-state index contributed by atoms with van der Waals surface area (Å²) in [4.78, 5) is 17.9. The van der Waals surface area contributed by atoms with E-state index in [2.05, 4.69) is 17.9 Å². The van der Waals surface area contributed by atoms with Crippen LogP contribution in [0.1, 0.15) is 25.1 Å². The summed E-state index contributed by atoms with van der Waals surface area (Å²) in [6.07, 6.45) is 0.937. The predicted molar refractivity (Wildman–Crippen MR) is 88.6 cm³/mol. The van der Waals surface area contributed by atoms with Gasteiger partial charge in [-0.15, -0.1) is 11.3 Å². The summed E-state index contributed by atoms with van der Waals surface area (Å²) in [6.45, 7) is 8.35. The number of carbonyl (C=O) groups is 1. The lowest BCUT2D eigenvalue weighted by atomic mass is 9.98. The van der Waals surface area contributed by atoms with E-state index < -0.39 is 0 Å². The quantitative estimate of drug-likeness (QED) is 0.902. The zero-order valence-corrected chi connectivity index (χ0v) is 14.3. The van der Waals surface area contributed by atoms with Crippen molar-refractivity contribution in [3.05, 3.63) is 21.3 Å². The molecule has 2 heterocycles. The molecule has 1 aliphatic heterocycles. The number of piperazine rings is 1. The summed E-state index contributed by atoms with van der Waals surface area (Å²) in [6, 6.07) is 3.65. The van der Waals surface area contributed by atoms with Crippen molar-refractivity contribution in [3.8, 4) is 0 Å². The number of amides is 1. The van der Waals surface area contributed by atoms with Gasteiger partial charge in [0.25, 0.3) is 0 Å². The van der Waals surface area contributed by atoms with E-state index in [1.54, 1.807) is 11.3 Å². The first-order valence-corrected chi connectivity index (χ1v) is 8.71. The third-order valence-electron chi connectivity index (χ3n) is 4.23. The van der Waals surface area contributed by atoms with Crippen LogP contribution in [0.25, 0.3) is 0 Å². The molecular formula is C15H24ClN3OS. The smallest absolute Gasteiger partial charge is 0.239 e. The number of nitrogens with zero attached hydrogens (tertiary/aromatic N) is 2. The van der Waals surface area contributed by atoms with E-state index in [4.69, 9.17) is 17.3 Å². The van der Waals surface area contributed by atoms with Crippen LogP contribution in [-0.4, -0.2) is 47.9 Å². The summed E-state index contributed by atoms with van der Waals surface area (Å²) in [5.41, 5.74) is 6.05. The highest BCUT2D eigenvalue weighted by Gasteiger charge is 2.27. The number of hydrogen-bond donors (Lipinski definition) is 1. The van der Waals surface area contributed by atoms with Gasteiger partial charge in [0.1, 0.15) is 0 Å². The summed E-state index contributed by atoms with van der Waals surface area (Å²) >= 11 is 7.58. The third kappa shape index (κ3) is 4.42. The summed E-state index contributed by atoms with van der Waals surface area (Å²) in [7, 11) is 0. The maximum Gasteiger partial charge on any atom is 0.239 e. The number of rotatable bonds is 5. The van der Waals surface area contributed by atoms with Crippen molar-refractivity contribution < 1.29 is 4.79 Å². The lowest BCUT2D eigenvalue weighted by Gasteiger charge is -2.36. The lowest BCUT2D eigenvalue weighted by Crippen LogP contribution is -2.54. The van der Waals surface area contributed by atoms with Gasteiger partial charge in [-0.05, 0) is 18.1 Å². The van der Waals surface area contributed by atoms with Crippen LogP contribution in [0, 0.1) is 5.92 Å². The molecule has 1 fully saturated rings. The van der Waals surface area contributed by atoms with Crippen molar-refractivity contribution in [1.29, 1.82) is 0 Å². The standard InChI is InChI=1S/C15H24ClN3OS/c1-3-11(2)14(17)15(20)19-8-6-18(7-9-19)10-12-4-5-13(16)21-12/h4-5,11,14H,3,6-10,17H2,1-2H3. The minimum Gasteiger partial charge on any atom is -0.339 e. The highest BCUT2D eigenvalue weighted by Crippen LogP contribution is 2.23. The molecule has 2 N–H and O–H groups in total. The fourth-order valence-corrected chi connectivity index (χ4v) is 3.62. The second kappa shape index (κ2) is 7.58. The molecule has 0 aliphatic carbocycles. The van der Waals surface area contributed by atoms with Crippen LogP contribution < -0.4 is 5.73 Å². The molecule has 21 heavy (non-hydrogen) atoms. The van der Waals surface area contributed by atoms with Gasteiger partial charge in [-0.2, -0.15) is 0 Å². The number of thiophene rings is 1. The Morgan fingerprint density at radius 3 is 2.57 bits per heavy atom. The zero-order chi connectivity index (χ0) is 15.4. The van der Waals surface area contributed by atoms with Crippen molar-refractivity contribution >= 4 is 28.8 Å². The van der Waals surface area contributed by atoms with E-state index in [1.807, 2.05) is 17.9 Å². The largest absolute Gasteiger partial charge is 0.339 e. The molecule has 2 atom stereocenters. The Labute approximate surface area is 135 Å². The van der Waals surface area contributed by atoms with Crippen molar-refractivity contribution in [3.63, 3.8) is 0 Å². The van der Waals surface area contributed by atoms with E-state index in [0.717, 1.165) is 43.5 Å². The molecule has 1 aromatic rings. The van der Waals surface area contributed by atoms with Gasteiger partial charge < -0.3 is 10.6 Å². The van der Waals surface area contributed by atoms with Gasteiger partial charge in [0.2, 0.25) is 5.91 Å². The van der Waals surface area contributed by atoms with E-state index >= 15 is 0 Å². The van der Waals surface area contributed by atoms with Crippen LogP contribution in [0.4, 0.5) is 0 Å². The first-order chi connectivity index (χ1) is 10.0. The number of nitrogens with two attached hydrogens (primary N) is 1. The summed E-state index contributed by atoms with van der Waals surface area (Å²) < 4.78 is 0.832. The number of hydrogen-bond acceptors (Lipinski definition) is 4. The highest BCUT2D eigenvalue weighted by atomic mass is 35.5. The van der Waals surface area contributed by atoms with E-state index in [-0.39, 0.29) is 17.9 Å². The van der Waals surface area contributed by atoms with Crippen molar-refractivity contribution in [2.45, 2.75) is 32.9 Å². The van der Waals surface area contributed by atoms with E-state index in [0.29, 0.717) is 0 Å². The Kier molecular flexibility index (Phi) is 6.05. The number of carbonyl (C=O) groups excluding carboxylic acids is 1. The molecule has 2 rings (SSSR count). The Bertz CT molecular complexity index is 471. The Morgan fingerprint density at radius 1 is 1.38 bits per heavy atom. The molecule has 1 amide bonds. The normalized spacial score (nSPS) is 19.5. The first kappa shape index (κ1) is 16.7. The van der Waals surface area contributed by atoms with Crippen LogP contribution in [0.5, 0.6) is 0 Å². The predicted octanol–water partition coefficient (Wildman–Crippen LogP) is 2.42. The molecule has 0 saturated carbocycles. The SMILES string of the molecule is CCC(C)C(N)C(=O)N1CCN(Cc2ccc(Cl)s2)CC1. The molecule has 0 radical (unpaired) electrons. The third-order valence-corrected chi connectivity index (χ3v) is 5.45. The van der Waals surface area contributed by atoms with Crippen LogP contribution in [-0.2, 0) is 11.3 Å². The van der Waals surface area contributed by atoms with Gasteiger partial charge in [-0.1, -0.05) is 31.9 Å². The maximum atomic E-state index is 12.3. The maximum absolute atomic E-state index is 12.3. The lowest BCUT2D eigenvalue weighted by molar-refractivity contribution is -0.135. The average Bonchev–Trinajstić information content (AvgIpc) is 2.90. The van der Waals surface area contributed by atoms with Gasteiger partial charge in [-0.25, -0.2) is 0 Å². The molecule has 1 saturated heterocycles. The van der Waals surface area contributed by atoms with Crippen molar-refractivity contribution in [1.82, 2.24) is 9.80 Å². The molecule has 0 aromatic carbocycles. The molecule has 6 heteroatoms. The molecule has 1 aliphatic rings. The van der Waals surface area contributed by atoms with Gasteiger partial charge in [0.05, 0.1) is 10.4 Å². The van der Waals surface area contributed by atoms with Gasteiger partial charge in [-0.3, -0.25) is 9.69 Å². The van der Waals surface area contributed by atoms with Gasteiger partial charge in [0.15, 0.2) is 0 Å². The Balaban J connectivity index is 1.81. The zero-order valence-electron chi connectivity index (χ0n) is 12.7. The average molecular weight is 330 g/mol. The molecule has 0 spiro atoms. The molecule has 1 aromatic heterocycles. The molecule has 0 bridgehead atoms. The first-order valence-electron chi connectivity index (χ1n) is 7.52. The molecular weight excluding hydrogens is 306 g/mol. The fourth-order valence-electron chi connectivity index (χ4n) is 2.49. The monoisotopic (exact) mass is 329 g/mol. The summed E-state index contributed by atoms with van der Waals surface area (Å²) in [5, 5.41) is 0. The highest BCUT2D eigenvalue weighted by molar-refractivity contribution is 7.16. The second-order valence-electron chi connectivity index (χ2n) is 5.72. The molecule has 2 unspecified atom stereocenters. The Morgan fingerprint density at radius 2 is 2.05 bits per heavy atom. The Hall–Kier alpha value is -0.620. The van der Waals surface area contributed by atoms with Crippen molar-refractivity contribution in [2.24, 2.45) is 11.7 Å². The van der Waals surface area contributed by atoms with Crippen LogP contribution in [0.15, 0.2) is 12.1 Å².